The Morgan fingerprint density at radius 3 is 2.24 bits per heavy atom. The number of ether oxygens (including phenoxy) is 1. The Labute approximate surface area is 194 Å². The van der Waals surface area contributed by atoms with Gasteiger partial charge in [-0.1, -0.05) is 31.2 Å². The molecule has 1 saturated heterocycles. The second kappa shape index (κ2) is 10.7. The van der Waals surface area contributed by atoms with Crippen LogP contribution in [0.25, 0.3) is 0 Å². The zero-order valence-electron chi connectivity index (χ0n) is 18.9. The first-order valence-corrected chi connectivity index (χ1v) is 11.4. The fourth-order valence-corrected chi connectivity index (χ4v) is 3.84. The van der Waals surface area contributed by atoms with Crippen LogP contribution >= 0.6 is 0 Å². The summed E-state index contributed by atoms with van der Waals surface area (Å²) in [5, 5.41) is 2.95. The molecule has 2 amide bonds. The molecule has 1 aliphatic heterocycles. The van der Waals surface area contributed by atoms with Gasteiger partial charge in [0.2, 0.25) is 0 Å². The van der Waals surface area contributed by atoms with Crippen molar-refractivity contribution in [3.8, 4) is 5.75 Å². The molecule has 1 heterocycles. The highest BCUT2D eigenvalue weighted by atomic mass is 16.5. The predicted octanol–water partition coefficient (Wildman–Crippen LogP) is 4.69. The van der Waals surface area contributed by atoms with Gasteiger partial charge >= 0.3 is 0 Å². The largest absolute Gasteiger partial charge is 0.494 e. The summed E-state index contributed by atoms with van der Waals surface area (Å²) in [6.07, 6.45) is 0.918. The summed E-state index contributed by atoms with van der Waals surface area (Å²) in [7, 11) is 0. The van der Waals surface area contributed by atoms with Gasteiger partial charge in [0.05, 0.1) is 6.61 Å². The van der Waals surface area contributed by atoms with Crippen molar-refractivity contribution in [1.82, 2.24) is 4.90 Å². The molecule has 6 heteroatoms. The van der Waals surface area contributed by atoms with Gasteiger partial charge < -0.3 is 19.9 Å². The molecule has 1 N–H and O–H groups in total. The molecular formula is C27H29N3O3. The third-order valence-corrected chi connectivity index (χ3v) is 5.65. The number of benzene rings is 3. The Bertz CT molecular complexity index is 1080. The molecule has 0 atom stereocenters. The lowest BCUT2D eigenvalue weighted by Gasteiger charge is -2.36. The first-order chi connectivity index (χ1) is 16.1. The van der Waals surface area contributed by atoms with Crippen LogP contribution in [-0.2, 0) is 0 Å². The van der Waals surface area contributed by atoms with Crippen LogP contribution in [0.3, 0.4) is 0 Å². The van der Waals surface area contributed by atoms with Crippen molar-refractivity contribution in [3.05, 3.63) is 90.0 Å². The van der Waals surface area contributed by atoms with E-state index in [1.807, 2.05) is 78.6 Å². The number of piperazine rings is 1. The molecule has 0 unspecified atom stereocenters. The fourth-order valence-electron chi connectivity index (χ4n) is 3.84. The number of carbonyl (C=O) groups is 2. The van der Waals surface area contributed by atoms with Crippen LogP contribution in [0.4, 0.5) is 11.4 Å². The number of carbonyl (C=O) groups excluding carboxylic acids is 2. The molecule has 0 aliphatic carbocycles. The van der Waals surface area contributed by atoms with E-state index in [2.05, 4.69) is 10.2 Å². The van der Waals surface area contributed by atoms with Crippen molar-refractivity contribution >= 4 is 23.2 Å². The van der Waals surface area contributed by atoms with Gasteiger partial charge in [0, 0.05) is 48.7 Å². The third-order valence-electron chi connectivity index (χ3n) is 5.65. The molecule has 3 aromatic rings. The molecule has 1 fully saturated rings. The summed E-state index contributed by atoms with van der Waals surface area (Å²) in [6, 6.07) is 24.5. The molecule has 1 aliphatic rings. The summed E-state index contributed by atoms with van der Waals surface area (Å²) in [5.74, 6) is 0.611. The molecule has 0 saturated carbocycles. The van der Waals surface area contributed by atoms with Crippen LogP contribution in [0.15, 0.2) is 78.9 Å². The van der Waals surface area contributed by atoms with Crippen molar-refractivity contribution in [2.75, 3.05) is 43.0 Å². The van der Waals surface area contributed by atoms with Crippen LogP contribution in [0.2, 0.25) is 0 Å². The predicted molar refractivity (Wildman–Crippen MR) is 131 cm³/mol. The van der Waals surface area contributed by atoms with E-state index >= 15 is 0 Å². The van der Waals surface area contributed by atoms with E-state index in [4.69, 9.17) is 4.74 Å². The minimum atomic E-state index is -0.169. The lowest BCUT2D eigenvalue weighted by molar-refractivity contribution is 0.0746. The molecule has 3 aromatic carbocycles. The first-order valence-electron chi connectivity index (χ1n) is 11.4. The Balaban J connectivity index is 1.32. The molecule has 0 bridgehead atoms. The number of hydrogen-bond donors (Lipinski definition) is 1. The van der Waals surface area contributed by atoms with Crippen LogP contribution < -0.4 is 15.0 Å². The lowest BCUT2D eigenvalue weighted by atomic mass is 10.1. The second-order valence-corrected chi connectivity index (χ2v) is 8.02. The lowest BCUT2D eigenvalue weighted by Crippen LogP contribution is -2.48. The topological polar surface area (TPSA) is 61.9 Å². The summed E-state index contributed by atoms with van der Waals surface area (Å²) < 4.78 is 5.62. The van der Waals surface area contributed by atoms with E-state index < -0.39 is 0 Å². The summed E-state index contributed by atoms with van der Waals surface area (Å²) in [6.45, 7) is 5.58. The maximum atomic E-state index is 12.6. The molecule has 6 nitrogen and oxygen atoms in total. The van der Waals surface area contributed by atoms with Crippen molar-refractivity contribution in [1.29, 1.82) is 0 Å². The average Bonchev–Trinajstić information content (AvgIpc) is 2.88. The minimum absolute atomic E-state index is 0.0810. The molecule has 0 spiro atoms. The normalized spacial score (nSPS) is 13.5. The third kappa shape index (κ3) is 5.71. The number of rotatable bonds is 7. The van der Waals surface area contributed by atoms with Crippen molar-refractivity contribution in [2.24, 2.45) is 0 Å². The Morgan fingerprint density at radius 1 is 0.848 bits per heavy atom. The first kappa shape index (κ1) is 22.4. The standard InChI is InChI=1S/C27H29N3O3/c1-2-19-33-25-10-6-9-22(20-25)26(31)28-23-11-13-24(14-12-23)29-15-17-30(18-16-29)27(32)21-7-4-3-5-8-21/h3-14,20H,2,15-19H2,1H3,(H,28,31). The maximum absolute atomic E-state index is 12.6. The van der Waals surface area contributed by atoms with Gasteiger partial charge in [-0.3, -0.25) is 9.59 Å². The monoisotopic (exact) mass is 443 g/mol. The van der Waals surface area contributed by atoms with Crippen LogP contribution in [0.5, 0.6) is 5.75 Å². The Hall–Kier alpha value is -3.80. The van der Waals surface area contributed by atoms with Gasteiger partial charge in [0.25, 0.3) is 11.8 Å². The number of nitrogens with zero attached hydrogens (tertiary/aromatic N) is 2. The van der Waals surface area contributed by atoms with Crippen molar-refractivity contribution < 1.29 is 14.3 Å². The highest BCUT2D eigenvalue weighted by Gasteiger charge is 2.22. The van der Waals surface area contributed by atoms with E-state index in [1.54, 1.807) is 12.1 Å². The number of nitrogens with one attached hydrogen (secondary N) is 1. The highest BCUT2D eigenvalue weighted by molar-refractivity contribution is 6.04. The molecule has 0 aromatic heterocycles. The van der Waals surface area contributed by atoms with Crippen LogP contribution in [0, 0.1) is 0 Å². The van der Waals surface area contributed by atoms with E-state index in [-0.39, 0.29) is 11.8 Å². The number of amides is 2. The van der Waals surface area contributed by atoms with Crippen LogP contribution in [0.1, 0.15) is 34.1 Å². The molecule has 4 rings (SSSR count). The molecule has 33 heavy (non-hydrogen) atoms. The van der Waals surface area contributed by atoms with E-state index in [9.17, 15) is 9.59 Å². The second-order valence-electron chi connectivity index (χ2n) is 8.02. The average molecular weight is 444 g/mol. The Morgan fingerprint density at radius 2 is 1.55 bits per heavy atom. The van der Waals surface area contributed by atoms with Gasteiger partial charge in [-0.15, -0.1) is 0 Å². The zero-order valence-corrected chi connectivity index (χ0v) is 18.9. The van der Waals surface area contributed by atoms with Gasteiger partial charge in [0.15, 0.2) is 0 Å². The maximum Gasteiger partial charge on any atom is 0.255 e. The van der Waals surface area contributed by atoms with Crippen molar-refractivity contribution in [3.63, 3.8) is 0 Å². The molecule has 0 radical (unpaired) electrons. The Kier molecular flexibility index (Phi) is 7.25. The summed E-state index contributed by atoms with van der Waals surface area (Å²) in [5.41, 5.74) is 3.11. The van der Waals surface area contributed by atoms with Crippen LogP contribution in [-0.4, -0.2) is 49.5 Å². The fraction of sp³-hybridized carbons (Fsp3) is 0.259. The van der Waals surface area contributed by atoms with E-state index in [0.717, 1.165) is 36.4 Å². The van der Waals surface area contributed by atoms with E-state index in [0.29, 0.717) is 31.0 Å². The van der Waals surface area contributed by atoms with Gasteiger partial charge in [-0.2, -0.15) is 0 Å². The smallest absolute Gasteiger partial charge is 0.255 e. The molecular weight excluding hydrogens is 414 g/mol. The van der Waals surface area contributed by atoms with Gasteiger partial charge in [0.1, 0.15) is 5.75 Å². The molecule has 170 valence electrons. The quantitative estimate of drug-likeness (QED) is 0.576. The summed E-state index contributed by atoms with van der Waals surface area (Å²) in [4.78, 5) is 29.4. The van der Waals surface area contributed by atoms with Crippen molar-refractivity contribution in [2.45, 2.75) is 13.3 Å². The highest BCUT2D eigenvalue weighted by Crippen LogP contribution is 2.21. The number of hydrogen-bond acceptors (Lipinski definition) is 4. The zero-order chi connectivity index (χ0) is 23.0. The summed E-state index contributed by atoms with van der Waals surface area (Å²) >= 11 is 0. The van der Waals surface area contributed by atoms with Gasteiger partial charge in [-0.25, -0.2) is 0 Å². The minimum Gasteiger partial charge on any atom is -0.494 e. The van der Waals surface area contributed by atoms with E-state index in [1.165, 1.54) is 0 Å². The number of anilines is 2. The van der Waals surface area contributed by atoms with Gasteiger partial charge in [-0.05, 0) is 61.0 Å². The SMILES string of the molecule is CCCOc1cccc(C(=O)Nc2ccc(N3CCN(C(=O)c4ccccc4)CC3)cc2)c1.